The largest absolute Gasteiger partial charge is 0.381 e. The number of hydrogen-bond donors (Lipinski definition) is 2. The SMILES string of the molecule is CC(NC(=O)C(N)C1CCOCC1)c1ccc(F)c(Cl)c1. The van der Waals surface area contributed by atoms with Crippen molar-refractivity contribution in [3.8, 4) is 0 Å². The predicted octanol–water partition coefficient (Wildman–Crippen LogP) is 2.41. The Balaban J connectivity index is 1.95. The summed E-state index contributed by atoms with van der Waals surface area (Å²) in [5, 5.41) is 2.90. The van der Waals surface area contributed by atoms with Gasteiger partial charge >= 0.3 is 0 Å². The number of carbonyl (C=O) groups excluding carboxylic acids is 1. The molecule has 0 bridgehead atoms. The molecule has 116 valence electrons. The molecule has 0 saturated carbocycles. The van der Waals surface area contributed by atoms with E-state index in [1.54, 1.807) is 6.07 Å². The van der Waals surface area contributed by atoms with E-state index in [0.29, 0.717) is 13.2 Å². The van der Waals surface area contributed by atoms with Crippen LogP contribution in [-0.2, 0) is 9.53 Å². The van der Waals surface area contributed by atoms with Gasteiger partial charge in [-0.3, -0.25) is 4.79 Å². The highest BCUT2D eigenvalue weighted by Gasteiger charge is 2.27. The number of benzene rings is 1. The summed E-state index contributed by atoms with van der Waals surface area (Å²) in [7, 11) is 0. The number of carbonyl (C=O) groups is 1. The minimum absolute atomic E-state index is 0.0438. The second-order valence-corrected chi connectivity index (χ2v) is 5.79. The zero-order valence-corrected chi connectivity index (χ0v) is 12.7. The van der Waals surface area contributed by atoms with Gasteiger partial charge in [-0.25, -0.2) is 4.39 Å². The highest BCUT2D eigenvalue weighted by atomic mass is 35.5. The number of nitrogens with two attached hydrogens (primary N) is 1. The van der Waals surface area contributed by atoms with Crippen molar-refractivity contribution in [2.45, 2.75) is 31.8 Å². The van der Waals surface area contributed by atoms with Crippen LogP contribution in [0.25, 0.3) is 0 Å². The Bertz CT molecular complexity index is 506. The monoisotopic (exact) mass is 314 g/mol. The van der Waals surface area contributed by atoms with Crippen LogP contribution in [-0.4, -0.2) is 25.2 Å². The molecule has 1 aliphatic rings. The third-order valence-corrected chi connectivity index (χ3v) is 4.17. The Labute approximate surface area is 128 Å². The molecule has 3 N–H and O–H groups in total. The third kappa shape index (κ3) is 4.15. The van der Waals surface area contributed by atoms with Crippen molar-refractivity contribution in [2.24, 2.45) is 11.7 Å². The lowest BCUT2D eigenvalue weighted by Gasteiger charge is -2.28. The summed E-state index contributed by atoms with van der Waals surface area (Å²) in [5.41, 5.74) is 6.76. The number of rotatable bonds is 4. The van der Waals surface area contributed by atoms with Crippen molar-refractivity contribution in [2.75, 3.05) is 13.2 Å². The van der Waals surface area contributed by atoms with Gasteiger partial charge in [-0.15, -0.1) is 0 Å². The van der Waals surface area contributed by atoms with Gasteiger partial charge in [-0.1, -0.05) is 17.7 Å². The smallest absolute Gasteiger partial charge is 0.237 e. The van der Waals surface area contributed by atoms with Crippen LogP contribution in [0.1, 0.15) is 31.4 Å². The van der Waals surface area contributed by atoms with Gasteiger partial charge in [0.15, 0.2) is 0 Å². The molecule has 1 amide bonds. The van der Waals surface area contributed by atoms with Gasteiger partial charge in [0, 0.05) is 13.2 Å². The van der Waals surface area contributed by atoms with Crippen LogP contribution < -0.4 is 11.1 Å². The van der Waals surface area contributed by atoms with Crippen molar-refractivity contribution in [3.05, 3.63) is 34.6 Å². The van der Waals surface area contributed by atoms with E-state index < -0.39 is 11.9 Å². The van der Waals surface area contributed by atoms with Crippen molar-refractivity contribution >= 4 is 17.5 Å². The van der Waals surface area contributed by atoms with Crippen LogP contribution in [0.15, 0.2) is 18.2 Å². The summed E-state index contributed by atoms with van der Waals surface area (Å²) in [6.45, 7) is 3.11. The third-order valence-electron chi connectivity index (χ3n) is 3.88. The molecule has 1 heterocycles. The Morgan fingerprint density at radius 3 is 2.76 bits per heavy atom. The second-order valence-electron chi connectivity index (χ2n) is 5.38. The first-order valence-corrected chi connectivity index (χ1v) is 7.45. The molecule has 0 spiro atoms. The lowest BCUT2D eigenvalue weighted by molar-refractivity contribution is -0.125. The molecule has 1 aromatic carbocycles. The van der Waals surface area contributed by atoms with Crippen molar-refractivity contribution in [3.63, 3.8) is 0 Å². The summed E-state index contributed by atoms with van der Waals surface area (Å²) in [5.74, 6) is -0.532. The quantitative estimate of drug-likeness (QED) is 0.897. The molecule has 4 nitrogen and oxygen atoms in total. The van der Waals surface area contributed by atoms with Gasteiger partial charge in [-0.2, -0.15) is 0 Å². The minimum atomic E-state index is -0.549. The first-order valence-electron chi connectivity index (χ1n) is 7.07. The number of nitrogens with one attached hydrogen (secondary N) is 1. The molecule has 2 unspecified atom stereocenters. The fraction of sp³-hybridized carbons (Fsp3) is 0.533. The van der Waals surface area contributed by atoms with Crippen LogP contribution in [0.4, 0.5) is 4.39 Å². The van der Waals surface area contributed by atoms with Gasteiger partial charge in [0.2, 0.25) is 5.91 Å². The fourth-order valence-electron chi connectivity index (χ4n) is 2.46. The van der Waals surface area contributed by atoms with Crippen molar-refractivity contribution in [1.82, 2.24) is 5.32 Å². The summed E-state index contributed by atoms with van der Waals surface area (Å²) in [6.07, 6.45) is 1.59. The molecule has 1 aliphatic heterocycles. The molecular formula is C15H20ClFN2O2. The fourth-order valence-corrected chi connectivity index (χ4v) is 2.65. The van der Waals surface area contributed by atoms with E-state index in [1.807, 2.05) is 6.92 Å². The van der Waals surface area contributed by atoms with E-state index in [1.165, 1.54) is 12.1 Å². The summed E-state index contributed by atoms with van der Waals surface area (Å²) in [6, 6.07) is 3.58. The maximum Gasteiger partial charge on any atom is 0.237 e. The molecule has 0 radical (unpaired) electrons. The maximum absolute atomic E-state index is 13.1. The average molecular weight is 315 g/mol. The standard InChI is InChI=1S/C15H20ClFN2O2/c1-9(11-2-3-13(17)12(16)8-11)19-15(20)14(18)10-4-6-21-7-5-10/h2-3,8-10,14H,4-7,18H2,1H3,(H,19,20). The first kappa shape index (κ1) is 16.2. The molecular weight excluding hydrogens is 295 g/mol. The van der Waals surface area contributed by atoms with E-state index in [0.717, 1.165) is 18.4 Å². The maximum atomic E-state index is 13.1. The molecule has 0 aliphatic carbocycles. The normalized spacial score (nSPS) is 19.0. The molecule has 1 fully saturated rings. The topological polar surface area (TPSA) is 64.4 Å². The summed E-state index contributed by atoms with van der Waals surface area (Å²) < 4.78 is 18.4. The van der Waals surface area contributed by atoms with E-state index in [-0.39, 0.29) is 22.9 Å². The van der Waals surface area contributed by atoms with Crippen molar-refractivity contribution in [1.29, 1.82) is 0 Å². The van der Waals surface area contributed by atoms with Gasteiger partial charge < -0.3 is 15.8 Å². The molecule has 1 aromatic rings. The highest BCUT2D eigenvalue weighted by Crippen LogP contribution is 2.22. The molecule has 0 aromatic heterocycles. The van der Waals surface area contributed by atoms with Crippen molar-refractivity contribution < 1.29 is 13.9 Å². The zero-order valence-electron chi connectivity index (χ0n) is 11.9. The van der Waals surface area contributed by atoms with E-state index >= 15 is 0 Å². The Hall–Kier alpha value is -1.17. The number of halogens is 2. The molecule has 1 saturated heterocycles. The van der Waals surface area contributed by atoms with E-state index in [9.17, 15) is 9.18 Å². The Morgan fingerprint density at radius 2 is 2.14 bits per heavy atom. The molecule has 21 heavy (non-hydrogen) atoms. The van der Waals surface area contributed by atoms with Crippen LogP contribution >= 0.6 is 11.6 Å². The van der Waals surface area contributed by atoms with E-state index in [4.69, 9.17) is 22.1 Å². The van der Waals surface area contributed by atoms with Crippen LogP contribution in [0.5, 0.6) is 0 Å². The van der Waals surface area contributed by atoms with Gasteiger partial charge in [-0.05, 0) is 43.4 Å². The van der Waals surface area contributed by atoms with E-state index in [2.05, 4.69) is 5.32 Å². The Kier molecular flexibility index (Phi) is 5.56. The second kappa shape index (κ2) is 7.20. The minimum Gasteiger partial charge on any atom is -0.381 e. The highest BCUT2D eigenvalue weighted by molar-refractivity contribution is 6.30. The lowest BCUT2D eigenvalue weighted by Crippen LogP contribution is -2.47. The summed E-state index contributed by atoms with van der Waals surface area (Å²) in [4.78, 5) is 12.2. The van der Waals surface area contributed by atoms with Crippen LogP contribution in [0, 0.1) is 11.7 Å². The molecule has 2 atom stereocenters. The lowest BCUT2D eigenvalue weighted by atomic mass is 9.91. The van der Waals surface area contributed by atoms with Gasteiger partial charge in [0.1, 0.15) is 5.82 Å². The Morgan fingerprint density at radius 1 is 1.48 bits per heavy atom. The van der Waals surface area contributed by atoms with Crippen LogP contribution in [0.2, 0.25) is 5.02 Å². The van der Waals surface area contributed by atoms with Gasteiger partial charge in [0.05, 0.1) is 17.1 Å². The number of hydrogen-bond acceptors (Lipinski definition) is 3. The van der Waals surface area contributed by atoms with Gasteiger partial charge in [0.25, 0.3) is 0 Å². The number of ether oxygens (including phenoxy) is 1. The van der Waals surface area contributed by atoms with Crippen LogP contribution in [0.3, 0.4) is 0 Å². The molecule has 6 heteroatoms. The summed E-state index contributed by atoms with van der Waals surface area (Å²) >= 11 is 5.75. The molecule has 2 rings (SSSR count). The number of amides is 1. The predicted molar refractivity (Wildman–Crippen MR) is 79.5 cm³/mol. The average Bonchev–Trinajstić information content (AvgIpc) is 2.50. The zero-order chi connectivity index (χ0) is 15.4. The first-order chi connectivity index (χ1) is 9.99.